The third kappa shape index (κ3) is 18.2. The maximum atomic E-state index is 11.8. The second kappa shape index (κ2) is 24.3. The molecule has 5 N–H and O–H groups in total. The topological polar surface area (TPSA) is 159 Å². The highest BCUT2D eigenvalue weighted by Gasteiger charge is 2.39. The van der Waals surface area contributed by atoms with Gasteiger partial charge in [-0.15, -0.1) is 0 Å². The fourth-order valence-corrected chi connectivity index (χ4v) is 6.03. The zero-order chi connectivity index (χ0) is 31.0. The van der Waals surface area contributed by atoms with Crippen molar-refractivity contribution in [3.05, 3.63) is 0 Å². The summed E-state index contributed by atoms with van der Waals surface area (Å²) in [5, 5.41) is 32.7. The maximum Gasteiger partial charge on any atom is 0.500 e. The summed E-state index contributed by atoms with van der Waals surface area (Å²) in [6.45, 7) is 18.7. The first-order chi connectivity index (χ1) is 18.9. The van der Waals surface area contributed by atoms with Crippen LogP contribution in [0, 0.1) is 11.3 Å². The van der Waals surface area contributed by atoms with Gasteiger partial charge in [-0.3, -0.25) is 9.69 Å². The summed E-state index contributed by atoms with van der Waals surface area (Å²) in [5.74, 6) is -0.0885. The first-order valence-electron chi connectivity index (χ1n) is 14.7. The predicted molar refractivity (Wildman–Crippen MR) is 158 cm³/mol. The molecule has 0 aromatic carbocycles. The third-order valence-corrected chi connectivity index (χ3v) is 9.55. The van der Waals surface area contributed by atoms with Crippen molar-refractivity contribution in [2.45, 2.75) is 86.9 Å². The summed E-state index contributed by atoms with van der Waals surface area (Å²) in [6.07, 6.45) is 1.72. The minimum atomic E-state index is -2.66. The highest BCUT2D eigenvalue weighted by molar-refractivity contribution is 6.60. The normalized spacial score (nSPS) is 13.3. The number of urea groups is 1. The lowest BCUT2D eigenvalue weighted by molar-refractivity contribution is -0.153. The van der Waals surface area contributed by atoms with Gasteiger partial charge in [0.15, 0.2) is 0 Å². The number of nitrogens with one attached hydrogen (secondary N) is 2. The fourth-order valence-electron chi connectivity index (χ4n) is 3.42. The number of aliphatic hydroxyl groups excluding tert-OH is 3. The number of ether oxygens (including phenoxy) is 1. The van der Waals surface area contributed by atoms with Gasteiger partial charge in [0.25, 0.3) is 0 Å². The van der Waals surface area contributed by atoms with Crippen molar-refractivity contribution in [3.8, 4) is 0 Å². The molecule has 0 heterocycles. The van der Waals surface area contributed by atoms with Crippen LogP contribution in [0.4, 0.5) is 4.79 Å². The van der Waals surface area contributed by atoms with Crippen molar-refractivity contribution < 1.29 is 42.9 Å². The van der Waals surface area contributed by atoms with Crippen molar-refractivity contribution in [3.63, 3.8) is 0 Å². The van der Waals surface area contributed by atoms with Gasteiger partial charge in [-0.25, -0.2) is 4.79 Å². The molecule has 0 aromatic heterocycles. The number of rotatable bonds is 22. The lowest BCUT2D eigenvalue weighted by atomic mass is 9.91. The van der Waals surface area contributed by atoms with E-state index in [1.807, 2.05) is 55.4 Å². The van der Waals surface area contributed by atoms with E-state index in [-0.39, 0.29) is 44.3 Å². The highest BCUT2D eigenvalue weighted by Crippen LogP contribution is 2.21. The first kappa shape index (κ1) is 40.8. The van der Waals surface area contributed by atoms with Crippen molar-refractivity contribution in [2.24, 2.45) is 11.3 Å². The molecule has 0 aliphatic heterocycles. The molecule has 0 saturated carbocycles. The zero-order valence-electron chi connectivity index (χ0n) is 26.3. The smallest absolute Gasteiger partial charge is 0.463 e. The van der Waals surface area contributed by atoms with Gasteiger partial charge < -0.3 is 44.0 Å². The number of aliphatic hydroxyl groups is 3. The molecule has 0 bridgehead atoms. The Kier molecular flexibility index (Phi) is 24.8. The average Bonchev–Trinajstić information content (AvgIpc) is 2.93. The summed E-state index contributed by atoms with van der Waals surface area (Å²) >= 11 is 0. The molecule has 0 saturated heterocycles. The van der Waals surface area contributed by atoms with E-state index in [2.05, 4.69) is 10.6 Å². The van der Waals surface area contributed by atoms with E-state index in [1.54, 1.807) is 4.90 Å². The molecule has 13 heteroatoms. The molecule has 12 nitrogen and oxygen atoms in total. The summed E-state index contributed by atoms with van der Waals surface area (Å²) in [7, 11) is -2.66. The molecule has 0 aromatic rings. The van der Waals surface area contributed by atoms with E-state index in [1.165, 1.54) is 0 Å². The van der Waals surface area contributed by atoms with Crippen LogP contribution in [0.15, 0.2) is 0 Å². The first-order valence-corrected chi connectivity index (χ1v) is 16.6. The fraction of sp³-hybridized carbons (Fsp3) is 0.926. The quantitative estimate of drug-likeness (QED) is 0.0543. The molecule has 0 spiro atoms. The standard InChI is InChI=1S/C18H38N2O6Si.C9H21NO3/c1-7-18(5,6)16(21)23-14-13-20-17(22)19-12-11-15-27(24-8-2,25-9-3)26-10-4;1-3-8(2)9(13)10(4-6-11)5-7-12/h7-15H2,1-6H3,(H2,19,20,22);8-9,11-13H,3-7H2,1-2H3. The Bertz CT molecular complexity index is 621. The van der Waals surface area contributed by atoms with Gasteiger partial charge in [-0.1, -0.05) is 20.8 Å². The highest BCUT2D eigenvalue weighted by atomic mass is 28.4. The van der Waals surface area contributed by atoms with Crippen LogP contribution in [0.25, 0.3) is 0 Å². The Balaban J connectivity index is 0. The van der Waals surface area contributed by atoms with Crippen molar-refractivity contribution in [1.82, 2.24) is 15.5 Å². The Morgan fingerprint density at radius 3 is 1.82 bits per heavy atom. The van der Waals surface area contributed by atoms with Crippen LogP contribution in [0.1, 0.15) is 74.7 Å². The predicted octanol–water partition coefficient (Wildman–Crippen LogP) is 2.34. The molecule has 0 radical (unpaired) electrons. The van der Waals surface area contributed by atoms with Crippen LogP contribution in [0.5, 0.6) is 0 Å². The van der Waals surface area contributed by atoms with Gasteiger partial charge in [-0.05, 0) is 59.8 Å². The molecule has 2 atom stereocenters. The van der Waals surface area contributed by atoms with Crippen molar-refractivity contribution >= 4 is 20.8 Å². The molecule has 0 aliphatic rings. The van der Waals surface area contributed by atoms with Gasteiger partial charge in [0.2, 0.25) is 0 Å². The largest absolute Gasteiger partial charge is 0.500 e. The van der Waals surface area contributed by atoms with E-state index in [0.717, 1.165) is 6.42 Å². The number of hydrogen-bond acceptors (Lipinski definition) is 10. The molecule has 240 valence electrons. The zero-order valence-corrected chi connectivity index (χ0v) is 27.3. The van der Waals surface area contributed by atoms with Gasteiger partial charge in [0.05, 0.1) is 25.2 Å². The molecule has 2 unspecified atom stereocenters. The maximum absolute atomic E-state index is 11.8. The second-order valence-corrected chi connectivity index (χ2v) is 12.7. The lowest BCUT2D eigenvalue weighted by Crippen LogP contribution is -2.46. The number of esters is 1. The number of carbonyl (C=O) groups excluding carboxylic acids is 2. The van der Waals surface area contributed by atoms with Gasteiger partial charge in [0, 0.05) is 45.5 Å². The van der Waals surface area contributed by atoms with Crippen LogP contribution in [-0.2, 0) is 22.8 Å². The van der Waals surface area contributed by atoms with Gasteiger partial charge in [-0.2, -0.15) is 0 Å². The van der Waals surface area contributed by atoms with Gasteiger partial charge in [0.1, 0.15) is 12.8 Å². The van der Waals surface area contributed by atoms with Crippen LogP contribution >= 0.6 is 0 Å². The second-order valence-electron chi connectivity index (χ2n) is 9.92. The SMILES string of the molecule is CCC(C)C(O)N(CCO)CCO.CCO[Si](CCCNC(=O)NCCOC(=O)C(C)(C)CC)(OCC)OCC. The molecule has 0 rings (SSSR count). The van der Waals surface area contributed by atoms with E-state index in [9.17, 15) is 14.7 Å². The molecule has 0 fully saturated rings. The van der Waals surface area contributed by atoms with E-state index in [4.69, 9.17) is 28.2 Å². The Morgan fingerprint density at radius 2 is 1.40 bits per heavy atom. The third-order valence-electron chi connectivity index (χ3n) is 6.40. The average molecular weight is 598 g/mol. The Hall–Kier alpha value is -1.32. The monoisotopic (exact) mass is 597 g/mol. The summed E-state index contributed by atoms with van der Waals surface area (Å²) in [4.78, 5) is 25.3. The van der Waals surface area contributed by atoms with Crippen LogP contribution in [-0.4, -0.2) is 113 Å². The lowest BCUT2D eigenvalue weighted by Gasteiger charge is -2.30. The minimum absolute atomic E-state index is 0.00743. The Labute approximate surface area is 243 Å². The van der Waals surface area contributed by atoms with Gasteiger partial charge >= 0.3 is 20.8 Å². The van der Waals surface area contributed by atoms with Crippen molar-refractivity contribution in [2.75, 3.05) is 65.8 Å². The van der Waals surface area contributed by atoms with Crippen LogP contribution in [0.2, 0.25) is 6.04 Å². The summed E-state index contributed by atoms with van der Waals surface area (Å²) in [6, 6.07) is 0.351. The number of carbonyl (C=O) groups is 2. The van der Waals surface area contributed by atoms with E-state index >= 15 is 0 Å². The molecular weight excluding hydrogens is 538 g/mol. The van der Waals surface area contributed by atoms with Crippen LogP contribution < -0.4 is 10.6 Å². The molecule has 40 heavy (non-hydrogen) atoms. The van der Waals surface area contributed by atoms with Crippen LogP contribution in [0.3, 0.4) is 0 Å². The molecular formula is C27H59N3O9Si. The van der Waals surface area contributed by atoms with E-state index < -0.39 is 20.4 Å². The molecule has 2 amide bonds. The van der Waals surface area contributed by atoms with Crippen molar-refractivity contribution in [1.29, 1.82) is 0 Å². The molecule has 0 aliphatic carbocycles. The summed E-state index contributed by atoms with van der Waals surface area (Å²) in [5.41, 5.74) is -0.500. The number of nitrogens with zero attached hydrogens (tertiary/aromatic N) is 1. The minimum Gasteiger partial charge on any atom is -0.463 e. The Morgan fingerprint density at radius 1 is 0.900 bits per heavy atom. The van der Waals surface area contributed by atoms with E-state index in [0.29, 0.717) is 58.3 Å². The summed E-state index contributed by atoms with van der Waals surface area (Å²) < 4.78 is 22.5. The number of hydrogen-bond donors (Lipinski definition) is 5. The number of amides is 2.